The molecule has 0 spiro atoms. The van der Waals surface area contributed by atoms with Gasteiger partial charge in [-0.3, -0.25) is 0 Å². The zero-order valence-corrected chi connectivity index (χ0v) is 10.3. The van der Waals surface area contributed by atoms with E-state index in [-0.39, 0.29) is 18.4 Å². The molecule has 0 bridgehead atoms. The Labute approximate surface area is 106 Å². The maximum atomic E-state index is 10.5. The van der Waals surface area contributed by atoms with Gasteiger partial charge in [0.2, 0.25) is 6.29 Å². The van der Waals surface area contributed by atoms with E-state index in [0.717, 1.165) is 31.8 Å². The summed E-state index contributed by atoms with van der Waals surface area (Å²) in [5, 5.41) is 0. The molecule has 1 aliphatic heterocycles. The van der Waals surface area contributed by atoms with E-state index in [0.29, 0.717) is 6.61 Å². The van der Waals surface area contributed by atoms with Crippen molar-refractivity contribution < 1.29 is 23.8 Å². The number of hydrogen-bond donors (Lipinski definition) is 0. The molecule has 0 aromatic carbocycles. The topological polar surface area (TPSA) is 61.8 Å². The van der Waals surface area contributed by atoms with Crippen LogP contribution >= 0.6 is 0 Å². The highest BCUT2D eigenvalue weighted by Crippen LogP contribution is 2.23. The zero-order chi connectivity index (χ0) is 13.4. The van der Waals surface area contributed by atoms with Crippen molar-refractivity contribution >= 4 is 11.9 Å². The fraction of sp³-hybridized carbons (Fsp3) is 0.538. The number of esters is 2. The normalized spacial score (nSPS) is 21.2. The number of ether oxygens (including phenoxy) is 3. The summed E-state index contributed by atoms with van der Waals surface area (Å²) in [6.45, 7) is 7.23. The van der Waals surface area contributed by atoms with Gasteiger partial charge in [-0.25, -0.2) is 9.59 Å². The molecule has 5 nitrogen and oxygen atoms in total. The quantitative estimate of drug-likeness (QED) is 0.564. The van der Waals surface area contributed by atoms with Gasteiger partial charge in [0, 0.05) is 18.6 Å². The Kier molecular flexibility index (Phi) is 6.14. The molecule has 0 aromatic heterocycles. The predicted molar refractivity (Wildman–Crippen MR) is 64.6 cm³/mol. The van der Waals surface area contributed by atoms with Gasteiger partial charge in [0.15, 0.2) is 0 Å². The van der Waals surface area contributed by atoms with Gasteiger partial charge in [-0.05, 0) is 19.3 Å². The summed E-state index contributed by atoms with van der Waals surface area (Å²) in [6.07, 6.45) is 6.04. The summed E-state index contributed by atoms with van der Waals surface area (Å²) in [6, 6.07) is 0. The fourth-order valence-corrected chi connectivity index (χ4v) is 1.22. The van der Waals surface area contributed by atoms with Gasteiger partial charge in [0.05, 0.1) is 6.61 Å². The summed E-state index contributed by atoms with van der Waals surface area (Å²) in [4.78, 5) is 20.9. The molecule has 1 unspecified atom stereocenters. The van der Waals surface area contributed by atoms with Crippen LogP contribution in [0.3, 0.4) is 0 Å². The van der Waals surface area contributed by atoms with Crippen LogP contribution in [0, 0.1) is 0 Å². The summed E-state index contributed by atoms with van der Waals surface area (Å²) in [7, 11) is 0. The van der Waals surface area contributed by atoms with Gasteiger partial charge < -0.3 is 14.2 Å². The maximum absolute atomic E-state index is 10.5. The van der Waals surface area contributed by atoms with Gasteiger partial charge in [-0.2, -0.15) is 0 Å². The third kappa shape index (κ3) is 6.20. The minimum Gasteiger partial charge on any atom is -0.459 e. The van der Waals surface area contributed by atoms with E-state index in [9.17, 15) is 9.59 Å². The first-order valence-electron chi connectivity index (χ1n) is 5.93. The predicted octanol–water partition coefficient (Wildman–Crippen LogP) is 1.73. The first kappa shape index (κ1) is 14.4. The van der Waals surface area contributed by atoms with Crippen LogP contribution in [0.4, 0.5) is 0 Å². The third-order valence-electron chi connectivity index (χ3n) is 2.28. The van der Waals surface area contributed by atoms with E-state index in [1.807, 2.05) is 0 Å². The van der Waals surface area contributed by atoms with Gasteiger partial charge >= 0.3 is 11.9 Å². The molecule has 2 rings (SSSR count). The molecule has 1 aliphatic carbocycles. The van der Waals surface area contributed by atoms with Crippen LogP contribution in [0.25, 0.3) is 0 Å². The van der Waals surface area contributed by atoms with Crippen molar-refractivity contribution in [2.45, 2.75) is 38.1 Å². The minimum atomic E-state index is -0.410. The Morgan fingerprint density at radius 2 is 1.67 bits per heavy atom. The summed E-state index contributed by atoms with van der Waals surface area (Å²) >= 11 is 0. The molecule has 1 heterocycles. The first-order valence-corrected chi connectivity index (χ1v) is 5.93. The first-order chi connectivity index (χ1) is 8.65. The molecule has 0 aromatic rings. The second-order valence-corrected chi connectivity index (χ2v) is 3.92. The Morgan fingerprint density at radius 3 is 2.11 bits per heavy atom. The molecular weight excluding hydrogens is 236 g/mol. The number of carbonyl (C=O) groups is 2. The average Bonchev–Trinajstić information content (AvgIpc) is 3.04. The SMILES string of the molecule is C=CC(=O)OC1CC1.C=CC(=O)OC1CCCO1. The van der Waals surface area contributed by atoms with E-state index >= 15 is 0 Å². The van der Waals surface area contributed by atoms with Gasteiger partial charge in [-0.15, -0.1) is 0 Å². The van der Waals surface area contributed by atoms with Gasteiger partial charge in [-0.1, -0.05) is 13.2 Å². The number of hydrogen-bond acceptors (Lipinski definition) is 5. The Balaban J connectivity index is 0.000000184. The maximum Gasteiger partial charge on any atom is 0.332 e. The van der Waals surface area contributed by atoms with E-state index in [1.54, 1.807) is 0 Å². The molecule has 1 saturated heterocycles. The lowest BCUT2D eigenvalue weighted by Gasteiger charge is -2.07. The molecule has 0 N–H and O–H groups in total. The van der Waals surface area contributed by atoms with Crippen LogP contribution < -0.4 is 0 Å². The molecule has 18 heavy (non-hydrogen) atoms. The number of carbonyl (C=O) groups excluding carboxylic acids is 2. The van der Waals surface area contributed by atoms with E-state index in [4.69, 9.17) is 14.2 Å². The fourth-order valence-electron chi connectivity index (χ4n) is 1.22. The second-order valence-electron chi connectivity index (χ2n) is 3.92. The van der Waals surface area contributed by atoms with Crippen molar-refractivity contribution in [1.82, 2.24) is 0 Å². The average molecular weight is 254 g/mol. The lowest BCUT2D eigenvalue weighted by atomic mass is 10.4. The molecule has 2 aliphatic rings. The van der Waals surface area contributed by atoms with Crippen LogP contribution in [0.1, 0.15) is 25.7 Å². The van der Waals surface area contributed by atoms with Gasteiger partial charge in [0.25, 0.3) is 0 Å². The van der Waals surface area contributed by atoms with Crippen LogP contribution in [0.2, 0.25) is 0 Å². The summed E-state index contributed by atoms with van der Waals surface area (Å²) in [5.41, 5.74) is 0. The minimum absolute atomic E-state index is 0.209. The van der Waals surface area contributed by atoms with Crippen molar-refractivity contribution in [3.63, 3.8) is 0 Å². The molecule has 2 fully saturated rings. The van der Waals surface area contributed by atoms with E-state index in [1.165, 1.54) is 6.08 Å². The number of rotatable bonds is 4. The smallest absolute Gasteiger partial charge is 0.332 e. The molecule has 5 heteroatoms. The van der Waals surface area contributed by atoms with Crippen LogP contribution in [0.15, 0.2) is 25.3 Å². The van der Waals surface area contributed by atoms with Crippen molar-refractivity contribution in [3.05, 3.63) is 25.3 Å². The van der Waals surface area contributed by atoms with Crippen LogP contribution in [-0.2, 0) is 23.8 Å². The van der Waals surface area contributed by atoms with Crippen LogP contribution in [0.5, 0.6) is 0 Å². The highest BCUT2D eigenvalue weighted by Gasteiger charge is 2.24. The van der Waals surface area contributed by atoms with Crippen molar-refractivity contribution in [2.75, 3.05) is 6.61 Å². The van der Waals surface area contributed by atoms with E-state index < -0.39 is 5.97 Å². The Hall–Kier alpha value is -1.62. The van der Waals surface area contributed by atoms with Crippen molar-refractivity contribution in [1.29, 1.82) is 0 Å². The molecular formula is C13H18O5. The van der Waals surface area contributed by atoms with Crippen LogP contribution in [-0.4, -0.2) is 30.9 Å². The molecule has 1 atom stereocenters. The lowest BCUT2D eigenvalue weighted by Crippen LogP contribution is -2.14. The third-order valence-corrected chi connectivity index (χ3v) is 2.28. The van der Waals surface area contributed by atoms with Crippen molar-refractivity contribution in [3.8, 4) is 0 Å². The second kappa shape index (κ2) is 7.66. The molecule has 0 radical (unpaired) electrons. The van der Waals surface area contributed by atoms with Gasteiger partial charge in [0.1, 0.15) is 6.10 Å². The largest absolute Gasteiger partial charge is 0.459 e. The monoisotopic (exact) mass is 254 g/mol. The Bertz CT molecular complexity index is 313. The lowest BCUT2D eigenvalue weighted by molar-refractivity contribution is -0.163. The highest BCUT2D eigenvalue weighted by molar-refractivity contribution is 5.81. The highest BCUT2D eigenvalue weighted by atomic mass is 16.7. The standard InChI is InChI=1S/C7H10O3.C6H8O2/c1-2-6(8)10-7-4-3-5-9-7;1-2-6(7)8-5-3-4-5/h2,7H,1,3-5H2;2,5H,1,3-4H2. The molecule has 1 saturated carbocycles. The van der Waals surface area contributed by atoms with E-state index in [2.05, 4.69) is 13.2 Å². The summed E-state index contributed by atoms with van der Waals surface area (Å²) in [5.74, 6) is -0.709. The summed E-state index contributed by atoms with van der Waals surface area (Å²) < 4.78 is 14.6. The zero-order valence-electron chi connectivity index (χ0n) is 10.3. The molecule has 100 valence electrons. The molecule has 0 amide bonds. The van der Waals surface area contributed by atoms with Crippen molar-refractivity contribution in [2.24, 2.45) is 0 Å². The Morgan fingerprint density at radius 1 is 1.06 bits per heavy atom.